The van der Waals surface area contributed by atoms with Gasteiger partial charge in [0.05, 0.1) is 4.90 Å². The van der Waals surface area contributed by atoms with E-state index in [1.54, 1.807) is 10.4 Å². The maximum absolute atomic E-state index is 12.9. The molecule has 0 aromatic heterocycles. The molecule has 2 rings (SSSR count). The Kier molecular flexibility index (Phi) is 5.41. The maximum atomic E-state index is 12.9. The van der Waals surface area contributed by atoms with Crippen molar-refractivity contribution in [1.82, 2.24) is 9.62 Å². The molecule has 0 saturated carbocycles. The third-order valence-corrected chi connectivity index (χ3v) is 6.26. The quantitative estimate of drug-likeness (QED) is 0.876. The summed E-state index contributed by atoms with van der Waals surface area (Å²) in [5, 5.41) is 3.10. The second-order valence-electron chi connectivity index (χ2n) is 5.61. The van der Waals surface area contributed by atoms with Crippen molar-refractivity contribution < 1.29 is 8.42 Å². The molecule has 1 heterocycles. The van der Waals surface area contributed by atoms with Crippen molar-refractivity contribution >= 4 is 10.0 Å². The molecule has 0 radical (unpaired) electrons. The highest BCUT2D eigenvalue weighted by Crippen LogP contribution is 2.27. The van der Waals surface area contributed by atoms with E-state index in [4.69, 9.17) is 0 Å². The average molecular weight is 310 g/mol. The van der Waals surface area contributed by atoms with Crippen molar-refractivity contribution in [3.05, 3.63) is 29.3 Å². The molecule has 1 N–H and O–H groups in total. The minimum Gasteiger partial charge on any atom is -0.318 e. The highest BCUT2D eigenvalue weighted by molar-refractivity contribution is 7.89. The van der Waals surface area contributed by atoms with Crippen molar-refractivity contribution in [2.75, 3.05) is 20.1 Å². The van der Waals surface area contributed by atoms with Crippen LogP contribution in [0.15, 0.2) is 23.1 Å². The largest absolute Gasteiger partial charge is 0.318 e. The second-order valence-corrected chi connectivity index (χ2v) is 7.50. The minimum atomic E-state index is -3.37. The molecule has 1 unspecified atom stereocenters. The Morgan fingerprint density at radius 3 is 2.57 bits per heavy atom. The SMILES string of the molecule is CCc1ccc(S(=O)(=O)N2CCCC2CNC)cc1CC. The highest BCUT2D eigenvalue weighted by atomic mass is 32.2. The van der Waals surface area contributed by atoms with Crippen molar-refractivity contribution in [1.29, 1.82) is 0 Å². The lowest BCUT2D eigenvalue weighted by atomic mass is 10.0. The van der Waals surface area contributed by atoms with Gasteiger partial charge in [0.1, 0.15) is 0 Å². The van der Waals surface area contributed by atoms with Crippen molar-refractivity contribution in [3.8, 4) is 0 Å². The molecule has 21 heavy (non-hydrogen) atoms. The van der Waals surface area contributed by atoms with Crippen LogP contribution < -0.4 is 5.32 Å². The van der Waals surface area contributed by atoms with Gasteiger partial charge in [-0.05, 0) is 56.0 Å². The Bertz CT molecular complexity index is 584. The van der Waals surface area contributed by atoms with Gasteiger partial charge >= 0.3 is 0 Å². The molecule has 0 aliphatic carbocycles. The molecule has 1 atom stereocenters. The number of sulfonamides is 1. The van der Waals surface area contributed by atoms with E-state index in [0.29, 0.717) is 18.0 Å². The Morgan fingerprint density at radius 2 is 1.95 bits per heavy atom. The van der Waals surface area contributed by atoms with E-state index in [1.807, 2.05) is 19.2 Å². The lowest BCUT2D eigenvalue weighted by Crippen LogP contribution is -2.40. The Hall–Kier alpha value is -0.910. The number of rotatable bonds is 6. The van der Waals surface area contributed by atoms with E-state index in [-0.39, 0.29) is 6.04 Å². The first-order valence-electron chi connectivity index (χ1n) is 7.82. The fraction of sp³-hybridized carbons (Fsp3) is 0.625. The summed E-state index contributed by atoms with van der Waals surface area (Å²) < 4.78 is 27.4. The zero-order valence-corrected chi connectivity index (χ0v) is 14.0. The molecule has 1 aliphatic rings. The van der Waals surface area contributed by atoms with Gasteiger partial charge < -0.3 is 5.32 Å². The number of hydrogen-bond acceptors (Lipinski definition) is 3. The van der Waals surface area contributed by atoms with Crippen LogP contribution in [0.25, 0.3) is 0 Å². The predicted molar refractivity (Wildman–Crippen MR) is 86.0 cm³/mol. The molecular weight excluding hydrogens is 284 g/mol. The van der Waals surface area contributed by atoms with E-state index in [1.165, 1.54) is 5.56 Å². The van der Waals surface area contributed by atoms with E-state index in [9.17, 15) is 8.42 Å². The Balaban J connectivity index is 2.35. The van der Waals surface area contributed by atoms with Crippen LogP contribution in [0.5, 0.6) is 0 Å². The van der Waals surface area contributed by atoms with Crippen LogP contribution in [0.3, 0.4) is 0 Å². The predicted octanol–water partition coefficient (Wildman–Crippen LogP) is 2.18. The monoisotopic (exact) mass is 310 g/mol. The van der Waals surface area contributed by atoms with Gasteiger partial charge in [-0.25, -0.2) is 8.42 Å². The first-order valence-corrected chi connectivity index (χ1v) is 9.26. The topological polar surface area (TPSA) is 49.4 Å². The van der Waals surface area contributed by atoms with Crippen LogP contribution in [0.1, 0.15) is 37.8 Å². The molecule has 1 fully saturated rings. The van der Waals surface area contributed by atoms with Gasteiger partial charge in [0.2, 0.25) is 10.0 Å². The molecule has 5 heteroatoms. The van der Waals surface area contributed by atoms with Gasteiger partial charge in [-0.2, -0.15) is 4.31 Å². The zero-order valence-electron chi connectivity index (χ0n) is 13.2. The van der Waals surface area contributed by atoms with Gasteiger partial charge in [-0.15, -0.1) is 0 Å². The summed E-state index contributed by atoms with van der Waals surface area (Å²) in [6, 6.07) is 5.68. The molecular formula is C16H26N2O2S. The number of nitrogens with one attached hydrogen (secondary N) is 1. The number of likely N-dealkylation sites (N-methyl/N-ethyl adjacent to an activating group) is 1. The van der Waals surface area contributed by atoms with Crippen LogP contribution in [-0.4, -0.2) is 38.9 Å². The van der Waals surface area contributed by atoms with Crippen LogP contribution in [0.2, 0.25) is 0 Å². The summed E-state index contributed by atoms with van der Waals surface area (Å²) in [5.41, 5.74) is 2.38. The van der Waals surface area contributed by atoms with E-state index in [2.05, 4.69) is 19.2 Å². The average Bonchev–Trinajstić information content (AvgIpc) is 2.96. The number of nitrogens with zero attached hydrogens (tertiary/aromatic N) is 1. The minimum absolute atomic E-state index is 0.0796. The third-order valence-electron chi connectivity index (χ3n) is 4.31. The number of hydrogen-bond donors (Lipinski definition) is 1. The van der Waals surface area contributed by atoms with E-state index >= 15 is 0 Å². The maximum Gasteiger partial charge on any atom is 0.243 e. The molecule has 0 spiro atoms. The van der Waals surface area contributed by atoms with E-state index < -0.39 is 10.0 Å². The summed E-state index contributed by atoms with van der Waals surface area (Å²) in [5.74, 6) is 0. The summed E-state index contributed by atoms with van der Waals surface area (Å²) >= 11 is 0. The van der Waals surface area contributed by atoms with Gasteiger partial charge in [0.25, 0.3) is 0 Å². The fourth-order valence-electron chi connectivity index (χ4n) is 3.14. The first-order chi connectivity index (χ1) is 10.0. The molecule has 118 valence electrons. The smallest absolute Gasteiger partial charge is 0.243 e. The zero-order chi connectivity index (χ0) is 15.5. The van der Waals surface area contributed by atoms with Crippen LogP contribution in [-0.2, 0) is 22.9 Å². The lowest BCUT2D eigenvalue weighted by molar-refractivity contribution is 0.379. The molecule has 1 saturated heterocycles. The van der Waals surface area contributed by atoms with Crippen molar-refractivity contribution in [2.45, 2.75) is 50.5 Å². The molecule has 0 bridgehead atoms. The Labute approximate surface area is 128 Å². The Morgan fingerprint density at radius 1 is 1.24 bits per heavy atom. The second kappa shape index (κ2) is 6.90. The van der Waals surface area contributed by atoms with E-state index in [0.717, 1.165) is 31.2 Å². The molecule has 4 nitrogen and oxygen atoms in total. The summed E-state index contributed by atoms with van der Waals surface area (Å²) in [6.07, 6.45) is 3.69. The molecule has 1 aromatic rings. The van der Waals surface area contributed by atoms with Gasteiger partial charge in [-0.1, -0.05) is 19.9 Å². The van der Waals surface area contributed by atoms with Gasteiger partial charge in [0.15, 0.2) is 0 Å². The summed E-state index contributed by atoms with van der Waals surface area (Å²) in [4.78, 5) is 0.444. The standard InChI is InChI=1S/C16H26N2O2S/c1-4-13-8-9-16(11-14(13)5-2)21(19,20)18-10-6-7-15(18)12-17-3/h8-9,11,15,17H,4-7,10,12H2,1-3H3. The van der Waals surface area contributed by atoms with Crippen LogP contribution in [0, 0.1) is 0 Å². The van der Waals surface area contributed by atoms with Crippen LogP contribution in [0.4, 0.5) is 0 Å². The highest BCUT2D eigenvalue weighted by Gasteiger charge is 2.34. The summed E-state index contributed by atoms with van der Waals surface area (Å²) in [7, 11) is -1.50. The van der Waals surface area contributed by atoms with Crippen molar-refractivity contribution in [3.63, 3.8) is 0 Å². The number of aryl methyl sites for hydroxylation is 2. The molecule has 0 amide bonds. The van der Waals surface area contributed by atoms with Crippen LogP contribution >= 0.6 is 0 Å². The number of benzene rings is 1. The first kappa shape index (κ1) is 16.5. The van der Waals surface area contributed by atoms with Crippen molar-refractivity contribution in [2.24, 2.45) is 0 Å². The fourth-order valence-corrected chi connectivity index (χ4v) is 4.88. The molecule has 1 aromatic carbocycles. The normalized spacial score (nSPS) is 20.0. The van der Waals surface area contributed by atoms with Gasteiger partial charge in [-0.3, -0.25) is 0 Å². The van der Waals surface area contributed by atoms with Gasteiger partial charge in [0, 0.05) is 19.1 Å². The molecule has 1 aliphatic heterocycles. The summed E-state index contributed by atoms with van der Waals surface area (Å²) in [6.45, 7) is 5.52. The third kappa shape index (κ3) is 3.30. The lowest BCUT2D eigenvalue weighted by Gasteiger charge is -2.24.